The van der Waals surface area contributed by atoms with Gasteiger partial charge in [0.25, 0.3) is 0 Å². The van der Waals surface area contributed by atoms with E-state index >= 15 is 0 Å². The summed E-state index contributed by atoms with van der Waals surface area (Å²) in [6.07, 6.45) is 2.24. The van der Waals surface area contributed by atoms with E-state index in [1.807, 2.05) is 0 Å². The van der Waals surface area contributed by atoms with E-state index in [4.69, 9.17) is 4.74 Å². The number of ether oxygens (including phenoxy) is 1. The highest BCUT2D eigenvalue weighted by Crippen LogP contribution is 2.30. The number of nitrogens with zero attached hydrogens (tertiary/aromatic N) is 3. The van der Waals surface area contributed by atoms with Gasteiger partial charge in [-0.05, 0) is 36.5 Å². The number of anilines is 1. The van der Waals surface area contributed by atoms with Crippen molar-refractivity contribution in [3.8, 4) is 5.88 Å². The number of halogens is 2. The lowest BCUT2D eigenvalue weighted by Gasteiger charge is -2.40. The summed E-state index contributed by atoms with van der Waals surface area (Å²) in [4.78, 5) is 18.4. The zero-order valence-corrected chi connectivity index (χ0v) is 13.0. The third kappa shape index (κ3) is 2.86. The lowest BCUT2D eigenvalue weighted by atomic mass is 9.96. The van der Waals surface area contributed by atoms with Crippen LogP contribution in [0.15, 0.2) is 29.1 Å². The Balaban J connectivity index is 1.58. The van der Waals surface area contributed by atoms with Crippen LogP contribution >= 0.6 is 0 Å². The molecule has 0 spiro atoms. The van der Waals surface area contributed by atoms with Gasteiger partial charge in [0.05, 0.1) is 0 Å². The van der Waals surface area contributed by atoms with Crippen LogP contribution in [0.2, 0.25) is 0 Å². The molecule has 1 atom stereocenters. The van der Waals surface area contributed by atoms with Crippen LogP contribution in [0.5, 0.6) is 5.88 Å². The number of hydrogen-bond acceptors (Lipinski definition) is 4. The highest BCUT2D eigenvalue weighted by molar-refractivity contribution is 5.44. The van der Waals surface area contributed by atoms with Crippen molar-refractivity contribution in [3.05, 3.63) is 51.9 Å². The molecule has 3 heterocycles. The Morgan fingerprint density at radius 2 is 1.96 bits per heavy atom. The first kappa shape index (κ1) is 15.1. The number of rotatable bonds is 3. The van der Waals surface area contributed by atoms with Gasteiger partial charge in [-0.2, -0.15) is 4.98 Å². The van der Waals surface area contributed by atoms with Crippen molar-refractivity contribution in [2.24, 2.45) is 5.92 Å². The number of piperidine rings is 1. The summed E-state index contributed by atoms with van der Waals surface area (Å²) in [6.45, 7) is 2.49. The smallest absolute Gasteiger partial charge is 0.352 e. The zero-order chi connectivity index (χ0) is 16.7. The van der Waals surface area contributed by atoms with E-state index in [0.29, 0.717) is 18.0 Å². The van der Waals surface area contributed by atoms with Crippen LogP contribution in [-0.4, -0.2) is 22.6 Å². The molecule has 2 aromatic rings. The number of fused-ring (bicyclic) bond motifs is 4. The predicted octanol–water partition coefficient (Wildman–Crippen LogP) is 2.33. The van der Waals surface area contributed by atoms with E-state index < -0.39 is 11.6 Å². The van der Waals surface area contributed by atoms with Crippen molar-refractivity contribution in [1.29, 1.82) is 0 Å². The van der Waals surface area contributed by atoms with Crippen LogP contribution in [0, 0.1) is 17.6 Å². The maximum Gasteiger partial charge on any atom is 0.352 e. The number of aromatic nitrogens is 2. The highest BCUT2D eigenvalue weighted by Gasteiger charge is 2.29. The molecular weight excluding hydrogens is 316 g/mol. The standard InChI is InChI=1S/C17H17F2N3O2/c18-13-4-12(5-14(19)6-13)10-24-15-7-16-21-3-1-2-11(8-21)9-22(16)17(23)20-15/h4-7,11H,1-3,8-10H2/t11-/m0/s1. The van der Waals surface area contributed by atoms with Crippen molar-refractivity contribution in [2.75, 3.05) is 18.0 Å². The van der Waals surface area contributed by atoms with Gasteiger partial charge in [0, 0.05) is 31.8 Å². The molecule has 4 rings (SSSR count). The van der Waals surface area contributed by atoms with E-state index in [2.05, 4.69) is 9.88 Å². The van der Waals surface area contributed by atoms with Crippen LogP contribution in [0.1, 0.15) is 18.4 Å². The molecule has 126 valence electrons. The minimum atomic E-state index is -0.661. The normalized spacial score (nSPS) is 19.1. The van der Waals surface area contributed by atoms with Gasteiger partial charge < -0.3 is 9.64 Å². The highest BCUT2D eigenvalue weighted by atomic mass is 19.1. The first-order valence-corrected chi connectivity index (χ1v) is 8.03. The lowest BCUT2D eigenvalue weighted by Crippen LogP contribution is -2.46. The minimum Gasteiger partial charge on any atom is -0.473 e. The number of benzene rings is 1. The fourth-order valence-electron chi connectivity index (χ4n) is 3.51. The van der Waals surface area contributed by atoms with Crippen LogP contribution < -0.4 is 15.3 Å². The van der Waals surface area contributed by atoms with E-state index in [1.165, 1.54) is 12.1 Å². The van der Waals surface area contributed by atoms with Crippen molar-refractivity contribution >= 4 is 5.82 Å². The van der Waals surface area contributed by atoms with Gasteiger partial charge in [0.2, 0.25) is 5.88 Å². The van der Waals surface area contributed by atoms with Gasteiger partial charge in [-0.3, -0.25) is 4.57 Å². The summed E-state index contributed by atoms with van der Waals surface area (Å²) < 4.78 is 33.6. The number of hydrogen-bond donors (Lipinski definition) is 0. The Kier molecular flexibility index (Phi) is 3.70. The zero-order valence-electron chi connectivity index (χ0n) is 13.0. The maximum absolute atomic E-state index is 13.2. The molecule has 2 bridgehead atoms. The Morgan fingerprint density at radius 1 is 1.17 bits per heavy atom. The second kappa shape index (κ2) is 5.89. The molecule has 0 amide bonds. The van der Waals surface area contributed by atoms with Crippen LogP contribution in [-0.2, 0) is 13.2 Å². The average molecular weight is 333 g/mol. The van der Waals surface area contributed by atoms with Gasteiger partial charge in [-0.1, -0.05) is 0 Å². The summed E-state index contributed by atoms with van der Waals surface area (Å²) in [7, 11) is 0. The molecule has 0 N–H and O–H groups in total. The largest absolute Gasteiger partial charge is 0.473 e. The summed E-state index contributed by atoms with van der Waals surface area (Å²) in [5.41, 5.74) is 0.00896. The van der Waals surface area contributed by atoms with Crippen molar-refractivity contribution < 1.29 is 13.5 Å². The topological polar surface area (TPSA) is 47.4 Å². The van der Waals surface area contributed by atoms with Crippen LogP contribution in [0.3, 0.4) is 0 Å². The second-order valence-electron chi connectivity index (χ2n) is 6.37. The van der Waals surface area contributed by atoms with Gasteiger partial charge in [-0.15, -0.1) is 0 Å². The fourth-order valence-corrected chi connectivity index (χ4v) is 3.51. The monoisotopic (exact) mass is 333 g/mol. The summed E-state index contributed by atoms with van der Waals surface area (Å²) in [5.74, 6) is 0.164. The first-order chi connectivity index (χ1) is 11.6. The maximum atomic E-state index is 13.2. The van der Waals surface area contributed by atoms with E-state index in [1.54, 1.807) is 10.6 Å². The van der Waals surface area contributed by atoms with Gasteiger partial charge in [0.1, 0.15) is 24.1 Å². The molecule has 1 aromatic carbocycles. The second-order valence-corrected chi connectivity index (χ2v) is 6.37. The summed E-state index contributed by atoms with van der Waals surface area (Å²) in [5, 5.41) is 0. The molecule has 2 aliphatic rings. The van der Waals surface area contributed by atoms with Crippen LogP contribution in [0.4, 0.5) is 14.6 Å². The lowest BCUT2D eigenvalue weighted by molar-refractivity contribution is 0.282. The molecule has 0 radical (unpaired) electrons. The Morgan fingerprint density at radius 3 is 2.75 bits per heavy atom. The fraction of sp³-hybridized carbons (Fsp3) is 0.412. The molecule has 24 heavy (non-hydrogen) atoms. The first-order valence-electron chi connectivity index (χ1n) is 8.03. The third-order valence-corrected chi connectivity index (χ3v) is 4.56. The predicted molar refractivity (Wildman–Crippen MR) is 84.1 cm³/mol. The third-order valence-electron chi connectivity index (χ3n) is 4.56. The molecular formula is C17H17F2N3O2. The van der Waals surface area contributed by atoms with Crippen molar-refractivity contribution in [2.45, 2.75) is 26.0 Å². The van der Waals surface area contributed by atoms with Gasteiger partial charge >= 0.3 is 5.69 Å². The molecule has 0 saturated carbocycles. The molecule has 2 aliphatic heterocycles. The molecule has 0 unspecified atom stereocenters. The van der Waals surface area contributed by atoms with Crippen molar-refractivity contribution in [1.82, 2.24) is 9.55 Å². The Bertz CT molecular complexity index is 817. The Hall–Kier alpha value is -2.44. The summed E-state index contributed by atoms with van der Waals surface area (Å²) >= 11 is 0. The molecule has 0 aliphatic carbocycles. The van der Waals surface area contributed by atoms with Crippen LogP contribution in [0.25, 0.3) is 0 Å². The van der Waals surface area contributed by atoms with E-state index in [9.17, 15) is 13.6 Å². The SMILES string of the molecule is O=c1nc(OCc2cc(F)cc(F)c2)cc2n1C[C@H]1CCCN2C1. The van der Waals surface area contributed by atoms with Gasteiger partial charge in [-0.25, -0.2) is 13.6 Å². The van der Waals surface area contributed by atoms with Gasteiger partial charge in [0.15, 0.2) is 0 Å². The Labute approximate surface area is 137 Å². The molecule has 7 heteroatoms. The van der Waals surface area contributed by atoms with Crippen molar-refractivity contribution in [3.63, 3.8) is 0 Å². The van der Waals surface area contributed by atoms with E-state index in [0.717, 1.165) is 37.8 Å². The summed E-state index contributed by atoms with van der Waals surface area (Å²) in [6, 6.07) is 4.94. The molecule has 1 saturated heterocycles. The minimum absolute atomic E-state index is 0.0484. The molecule has 1 fully saturated rings. The molecule has 5 nitrogen and oxygen atoms in total. The van der Waals surface area contributed by atoms with E-state index in [-0.39, 0.29) is 18.2 Å². The average Bonchev–Trinajstić information content (AvgIpc) is 2.54. The molecule has 1 aromatic heterocycles. The quantitative estimate of drug-likeness (QED) is 0.865.